The summed E-state index contributed by atoms with van der Waals surface area (Å²) in [4.78, 5) is 44.5. The Kier molecular flexibility index (Phi) is 9.99. The molecule has 2 saturated heterocycles. The number of piperazine rings is 1. The van der Waals surface area contributed by atoms with Crippen molar-refractivity contribution in [1.82, 2.24) is 15.1 Å². The molecular weight excluding hydrogens is 808 g/mol. The SMILES string of the molecule is COc1cc2c(cc1OC(=O)CCCl)CCN[C@]21CS[C@@H]2c3c(OC(C)=O)c(C)c4c(c3[C@H](COC1=O)N1C2[C@H]2c3c(cc(N)c(OC)c3O)C[C@@H]([C@@H]1O)N2C)OCO4. The number of anilines is 1. The molecule has 0 aliphatic carbocycles. The molecule has 7 aliphatic heterocycles. The Balaban J connectivity index is 1.27. The molecule has 16 nitrogen and oxygen atoms in total. The Bertz CT molecular complexity index is 2300. The number of nitrogens with zero attached hydrogens (tertiary/aromatic N) is 2. The van der Waals surface area contributed by atoms with Gasteiger partial charge < -0.3 is 49.1 Å². The molecule has 314 valence electrons. The number of esters is 3. The number of nitrogens with one attached hydrogen (secondary N) is 1. The number of rotatable bonds is 6. The molecular formula is C41H45ClN4O12S. The van der Waals surface area contributed by atoms with Crippen molar-refractivity contribution in [2.45, 2.75) is 74.3 Å². The van der Waals surface area contributed by atoms with Crippen molar-refractivity contribution in [3.8, 4) is 40.2 Å². The maximum Gasteiger partial charge on any atom is 0.331 e. The second kappa shape index (κ2) is 14.8. The molecule has 7 atom stereocenters. The molecule has 7 aliphatic rings. The second-order valence-electron chi connectivity index (χ2n) is 15.6. The van der Waals surface area contributed by atoms with Crippen LogP contribution in [-0.4, -0.2) is 109 Å². The van der Waals surface area contributed by atoms with E-state index in [1.807, 2.05) is 11.9 Å². The minimum atomic E-state index is -1.44. The third-order valence-corrected chi connectivity index (χ3v) is 14.3. The standard InChI is InChI=1S/C41H45ClN4O12S/c1-17-34(57-18(2)47)30-29(37-35(17)55-16-56-37)24-14-54-40(51)41(21-13-25(52-4)26(58-27(48)6-8-42)12-19(21)7-9-44-41)15-59-38(30)32-31-28-20(10-22(43)36(53-5)33(28)49)11-23(45(31)3)39(50)46(24)32/h10,12-13,23-24,31-32,38-39,44,49-50H,6-9,11,14-16,43H2,1-5H3/t23-,24-,31+,32?,38+,39-,41+/m0/s1. The third kappa shape index (κ3) is 5.90. The highest BCUT2D eigenvalue weighted by molar-refractivity contribution is 7.99. The molecule has 0 radical (unpaired) electrons. The first kappa shape index (κ1) is 39.8. The van der Waals surface area contributed by atoms with Crippen LogP contribution in [0.25, 0.3) is 0 Å². The lowest BCUT2D eigenvalue weighted by Gasteiger charge is -2.62. The summed E-state index contributed by atoms with van der Waals surface area (Å²) < 4.78 is 41.8. The van der Waals surface area contributed by atoms with Crippen LogP contribution in [0.4, 0.5) is 5.69 Å². The molecule has 1 unspecified atom stereocenters. The fourth-order valence-electron chi connectivity index (χ4n) is 10.1. The molecule has 1 spiro atoms. The Morgan fingerprint density at radius 1 is 1.05 bits per heavy atom. The highest BCUT2D eigenvalue weighted by atomic mass is 35.5. The number of phenols is 1. The van der Waals surface area contributed by atoms with E-state index in [1.54, 1.807) is 25.1 Å². The number of benzene rings is 3. The summed E-state index contributed by atoms with van der Waals surface area (Å²) in [7, 11) is 4.82. The number of aromatic hydroxyl groups is 1. The number of alkyl halides is 1. The Labute approximate surface area is 349 Å². The number of carbonyl (C=O) groups excluding carboxylic acids is 3. The number of nitrogens with two attached hydrogens (primary N) is 1. The molecule has 0 amide bonds. The van der Waals surface area contributed by atoms with Crippen LogP contribution in [-0.2, 0) is 37.5 Å². The van der Waals surface area contributed by atoms with E-state index in [0.29, 0.717) is 58.7 Å². The van der Waals surface area contributed by atoms with Gasteiger partial charge in [-0.3, -0.25) is 24.7 Å². The molecule has 4 bridgehead atoms. The van der Waals surface area contributed by atoms with Crippen LogP contribution in [0.3, 0.4) is 0 Å². The monoisotopic (exact) mass is 852 g/mol. The van der Waals surface area contributed by atoms with Crippen molar-refractivity contribution in [2.24, 2.45) is 0 Å². The summed E-state index contributed by atoms with van der Waals surface area (Å²) in [5.41, 5.74) is 9.73. The van der Waals surface area contributed by atoms with E-state index in [1.165, 1.54) is 32.9 Å². The van der Waals surface area contributed by atoms with Gasteiger partial charge in [-0.15, -0.1) is 23.4 Å². The van der Waals surface area contributed by atoms with Gasteiger partial charge in [0.15, 0.2) is 40.0 Å². The van der Waals surface area contributed by atoms with Crippen LogP contribution in [0.1, 0.15) is 69.6 Å². The van der Waals surface area contributed by atoms with Crippen molar-refractivity contribution < 1.29 is 57.8 Å². The van der Waals surface area contributed by atoms with Gasteiger partial charge in [-0.05, 0) is 61.7 Å². The van der Waals surface area contributed by atoms with Crippen LogP contribution in [0.5, 0.6) is 40.2 Å². The molecule has 0 saturated carbocycles. The maximum absolute atomic E-state index is 14.9. The molecule has 3 aromatic carbocycles. The molecule has 10 rings (SSSR count). The summed E-state index contributed by atoms with van der Waals surface area (Å²) in [6, 6.07) is 2.70. The molecule has 2 fully saturated rings. The largest absolute Gasteiger partial charge is 0.504 e. The zero-order chi connectivity index (χ0) is 41.7. The van der Waals surface area contributed by atoms with E-state index < -0.39 is 59.1 Å². The highest BCUT2D eigenvalue weighted by Gasteiger charge is 2.61. The minimum Gasteiger partial charge on any atom is -0.504 e. The van der Waals surface area contributed by atoms with E-state index in [9.17, 15) is 24.6 Å². The first-order valence-electron chi connectivity index (χ1n) is 19.4. The number of hydrogen-bond donors (Lipinski definition) is 4. The van der Waals surface area contributed by atoms with E-state index >= 15 is 0 Å². The summed E-state index contributed by atoms with van der Waals surface area (Å²) in [5, 5.41) is 27.4. The number of likely N-dealkylation sites (N-methyl/N-ethyl adjacent to an activating group) is 1. The summed E-state index contributed by atoms with van der Waals surface area (Å²) in [5.74, 6) is 0.149. The van der Waals surface area contributed by atoms with Gasteiger partial charge in [-0.2, -0.15) is 0 Å². The average molecular weight is 853 g/mol. The molecule has 0 aromatic heterocycles. The number of thioether (sulfide) groups is 1. The van der Waals surface area contributed by atoms with Gasteiger partial charge in [0.1, 0.15) is 18.6 Å². The smallest absolute Gasteiger partial charge is 0.331 e. The zero-order valence-electron chi connectivity index (χ0n) is 33.1. The molecule has 59 heavy (non-hydrogen) atoms. The first-order chi connectivity index (χ1) is 28.3. The lowest BCUT2D eigenvalue weighted by molar-refractivity contribution is -0.186. The zero-order valence-corrected chi connectivity index (χ0v) is 34.7. The number of nitrogen functional groups attached to an aromatic ring is 1. The average Bonchev–Trinajstić information content (AvgIpc) is 3.70. The fraction of sp³-hybridized carbons (Fsp3) is 0.488. The number of ether oxygens (including phenoxy) is 7. The van der Waals surface area contributed by atoms with Gasteiger partial charge in [-0.1, -0.05) is 0 Å². The molecule has 5 N–H and O–H groups in total. The number of phenolic OH excluding ortho intramolecular Hbond substituents is 1. The van der Waals surface area contributed by atoms with Crippen LogP contribution >= 0.6 is 23.4 Å². The van der Waals surface area contributed by atoms with Crippen LogP contribution < -0.4 is 39.5 Å². The number of fused-ring (bicyclic) bond motifs is 9. The lowest BCUT2D eigenvalue weighted by Crippen LogP contribution is -2.70. The second-order valence-corrected chi connectivity index (χ2v) is 17.1. The Morgan fingerprint density at radius 2 is 1.83 bits per heavy atom. The summed E-state index contributed by atoms with van der Waals surface area (Å²) in [6.07, 6.45) is -0.250. The Hall–Kier alpha value is -4.65. The van der Waals surface area contributed by atoms with Gasteiger partial charge in [0.05, 0.1) is 49.7 Å². The van der Waals surface area contributed by atoms with Crippen molar-refractivity contribution in [3.05, 3.63) is 57.1 Å². The van der Waals surface area contributed by atoms with E-state index in [0.717, 1.165) is 11.1 Å². The van der Waals surface area contributed by atoms with Gasteiger partial charge in [-0.25, -0.2) is 4.79 Å². The summed E-state index contributed by atoms with van der Waals surface area (Å²) in [6.45, 7) is 3.19. The molecule has 3 aromatic rings. The Morgan fingerprint density at radius 3 is 2.56 bits per heavy atom. The number of hydrogen-bond acceptors (Lipinski definition) is 17. The van der Waals surface area contributed by atoms with Crippen LogP contribution in [0, 0.1) is 6.92 Å². The van der Waals surface area contributed by atoms with Crippen molar-refractivity contribution >= 4 is 47.0 Å². The van der Waals surface area contributed by atoms with Crippen molar-refractivity contribution in [1.29, 1.82) is 0 Å². The molecule has 7 heterocycles. The van der Waals surface area contributed by atoms with Gasteiger partial charge >= 0.3 is 17.9 Å². The summed E-state index contributed by atoms with van der Waals surface area (Å²) >= 11 is 7.24. The highest BCUT2D eigenvalue weighted by Crippen LogP contribution is 2.64. The number of carbonyl (C=O) groups is 3. The predicted octanol–water partition coefficient (Wildman–Crippen LogP) is 3.52. The first-order valence-corrected chi connectivity index (χ1v) is 20.9. The van der Waals surface area contributed by atoms with Crippen molar-refractivity contribution in [2.75, 3.05) is 58.6 Å². The van der Waals surface area contributed by atoms with Crippen LogP contribution in [0.2, 0.25) is 0 Å². The number of aliphatic hydroxyl groups is 1. The quantitative estimate of drug-likeness (QED) is 0.121. The maximum atomic E-state index is 14.9. The number of aliphatic hydroxyl groups excluding tert-OH is 1. The van der Waals surface area contributed by atoms with E-state index in [2.05, 4.69) is 10.2 Å². The number of halogens is 1. The van der Waals surface area contributed by atoms with Crippen molar-refractivity contribution in [3.63, 3.8) is 0 Å². The topological polar surface area (TPSA) is 201 Å². The predicted molar refractivity (Wildman–Crippen MR) is 214 cm³/mol. The van der Waals surface area contributed by atoms with E-state index in [4.69, 9.17) is 50.5 Å². The van der Waals surface area contributed by atoms with Gasteiger partial charge in [0, 0.05) is 53.4 Å². The minimum absolute atomic E-state index is 0.00167. The third-order valence-electron chi connectivity index (χ3n) is 12.6. The fourth-order valence-corrected chi connectivity index (χ4v) is 12.0. The molecule has 18 heteroatoms. The van der Waals surface area contributed by atoms with Gasteiger partial charge in [0.25, 0.3) is 0 Å². The van der Waals surface area contributed by atoms with E-state index in [-0.39, 0.29) is 65.9 Å². The normalized spacial score (nSPS) is 27.8. The number of methoxy groups -OCH3 is 2. The van der Waals surface area contributed by atoms with Gasteiger partial charge in [0.2, 0.25) is 6.79 Å². The van der Waals surface area contributed by atoms with Crippen LogP contribution in [0.15, 0.2) is 18.2 Å². The lowest BCUT2D eigenvalue weighted by atomic mass is 9.73.